The number of hydrogen-bond acceptors (Lipinski definition) is 4. The standard InChI is InChI=1S/C20H18N2O4/c1-12-6-8-13(9-7-12)21-18(24)16-10-11-17(23)22(16)19-14-4-2-3-5-15(14)20(25)26-19/h2-9,16,19H,10-11H2,1H3,(H,21,24). The number of carbonyl (C=O) groups excluding carboxylic acids is 3. The predicted octanol–water partition coefficient (Wildman–Crippen LogP) is 2.79. The Balaban J connectivity index is 1.59. The fourth-order valence-corrected chi connectivity index (χ4v) is 3.45. The van der Waals surface area contributed by atoms with Crippen LogP contribution in [0.15, 0.2) is 48.5 Å². The van der Waals surface area contributed by atoms with Gasteiger partial charge in [-0.3, -0.25) is 14.5 Å². The fourth-order valence-electron chi connectivity index (χ4n) is 3.45. The molecule has 2 aromatic carbocycles. The van der Waals surface area contributed by atoms with Gasteiger partial charge in [0.1, 0.15) is 6.04 Å². The van der Waals surface area contributed by atoms with Gasteiger partial charge in [-0.15, -0.1) is 0 Å². The van der Waals surface area contributed by atoms with Crippen molar-refractivity contribution in [1.29, 1.82) is 0 Å². The van der Waals surface area contributed by atoms with E-state index < -0.39 is 18.2 Å². The topological polar surface area (TPSA) is 75.7 Å². The van der Waals surface area contributed by atoms with E-state index in [0.717, 1.165) is 5.56 Å². The van der Waals surface area contributed by atoms with Gasteiger partial charge in [-0.25, -0.2) is 4.79 Å². The van der Waals surface area contributed by atoms with Crippen LogP contribution in [-0.2, 0) is 14.3 Å². The quantitative estimate of drug-likeness (QED) is 0.864. The van der Waals surface area contributed by atoms with Crippen LogP contribution in [0.5, 0.6) is 0 Å². The maximum absolute atomic E-state index is 12.8. The third-order valence-corrected chi connectivity index (χ3v) is 4.80. The molecule has 0 aromatic heterocycles. The van der Waals surface area contributed by atoms with Gasteiger partial charge in [0.05, 0.1) is 5.56 Å². The lowest BCUT2D eigenvalue weighted by Gasteiger charge is -2.29. The summed E-state index contributed by atoms with van der Waals surface area (Å²) in [7, 11) is 0. The van der Waals surface area contributed by atoms with E-state index in [1.165, 1.54) is 4.90 Å². The second-order valence-corrected chi connectivity index (χ2v) is 6.56. The SMILES string of the molecule is Cc1ccc(NC(=O)C2CCC(=O)N2C2OC(=O)c3ccccc32)cc1. The summed E-state index contributed by atoms with van der Waals surface area (Å²) in [5, 5.41) is 2.85. The van der Waals surface area contributed by atoms with Crippen LogP contribution >= 0.6 is 0 Å². The molecule has 132 valence electrons. The van der Waals surface area contributed by atoms with Gasteiger partial charge in [0.15, 0.2) is 0 Å². The molecular formula is C20H18N2O4. The lowest BCUT2D eigenvalue weighted by Crippen LogP contribution is -2.43. The fraction of sp³-hybridized carbons (Fsp3) is 0.250. The number of hydrogen-bond donors (Lipinski definition) is 1. The molecule has 0 saturated carbocycles. The molecule has 0 radical (unpaired) electrons. The molecule has 4 rings (SSSR count). The molecule has 2 aliphatic rings. The average molecular weight is 350 g/mol. The number of fused-ring (bicyclic) bond motifs is 1. The molecule has 0 spiro atoms. The zero-order chi connectivity index (χ0) is 18.3. The zero-order valence-electron chi connectivity index (χ0n) is 14.3. The zero-order valence-corrected chi connectivity index (χ0v) is 14.3. The van der Waals surface area contributed by atoms with Crippen molar-refractivity contribution in [3.8, 4) is 0 Å². The summed E-state index contributed by atoms with van der Waals surface area (Å²) in [6.45, 7) is 1.97. The maximum Gasteiger partial charge on any atom is 0.340 e. The van der Waals surface area contributed by atoms with Gasteiger partial charge in [-0.05, 0) is 31.5 Å². The van der Waals surface area contributed by atoms with Crippen LogP contribution in [0.25, 0.3) is 0 Å². The van der Waals surface area contributed by atoms with Gasteiger partial charge in [0, 0.05) is 17.7 Å². The molecule has 6 nitrogen and oxygen atoms in total. The summed E-state index contributed by atoms with van der Waals surface area (Å²) in [5.41, 5.74) is 2.83. The minimum Gasteiger partial charge on any atom is -0.433 e. The molecule has 2 aliphatic heterocycles. The molecule has 0 aliphatic carbocycles. The Hall–Kier alpha value is -3.15. The molecule has 2 unspecified atom stereocenters. The number of rotatable bonds is 3. The smallest absolute Gasteiger partial charge is 0.340 e. The van der Waals surface area contributed by atoms with Crippen molar-refractivity contribution in [1.82, 2.24) is 4.90 Å². The van der Waals surface area contributed by atoms with Gasteiger partial charge in [0.2, 0.25) is 18.0 Å². The van der Waals surface area contributed by atoms with Crippen molar-refractivity contribution >= 4 is 23.5 Å². The molecule has 26 heavy (non-hydrogen) atoms. The maximum atomic E-state index is 12.8. The van der Waals surface area contributed by atoms with E-state index in [1.807, 2.05) is 31.2 Å². The number of ether oxygens (including phenoxy) is 1. The number of amides is 2. The van der Waals surface area contributed by atoms with Crippen molar-refractivity contribution in [3.05, 3.63) is 65.2 Å². The predicted molar refractivity (Wildman–Crippen MR) is 94.3 cm³/mol. The van der Waals surface area contributed by atoms with Crippen LogP contribution in [-0.4, -0.2) is 28.7 Å². The van der Waals surface area contributed by atoms with E-state index in [1.54, 1.807) is 24.3 Å². The summed E-state index contributed by atoms with van der Waals surface area (Å²) < 4.78 is 5.42. The summed E-state index contributed by atoms with van der Waals surface area (Å²) in [6, 6.07) is 13.7. The lowest BCUT2D eigenvalue weighted by molar-refractivity contribution is -0.144. The van der Waals surface area contributed by atoms with Gasteiger partial charge < -0.3 is 10.1 Å². The third kappa shape index (κ3) is 2.73. The Morgan fingerprint density at radius 3 is 2.62 bits per heavy atom. The van der Waals surface area contributed by atoms with Crippen molar-refractivity contribution in [2.75, 3.05) is 5.32 Å². The Kier molecular flexibility index (Phi) is 3.95. The van der Waals surface area contributed by atoms with Crippen LogP contribution < -0.4 is 5.32 Å². The first-order valence-corrected chi connectivity index (χ1v) is 8.53. The Morgan fingerprint density at radius 1 is 1.12 bits per heavy atom. The molecule has 2 amide bonds. The molecule has 6 heteroatoms. The number of aryl methyl sites for hydroxylation is 1. The van der Waals surface area contributed by atoms with E-state index in [2.05, 4.69) is 5.32 Å². The molecule has 2 atom stereocenters. The van der Waals surface area contributed by atoms with E-state index in [9.17, 15) is 14.4 Å². The van der Waals surface area contributed by atoms with Crippen LogP contribution in [0.3, 0.4) is 0 Å². The largest absolute Gasteiger partial charge is 0.433 e. The lowest BCUT2D eigenvalue weighted by atomic mass is 10.1. The van der Waals surface area contributed by atoms with Crippen molar-refractivity contribution in [3.63, 3.8) is 0 Å². The molecule has 0 bridgehead atoms. The number of cyclic esters (lactones) is 1. The van der Waals surface area contributed by atoms with E-state index in [-0.39, 0.29) is 18.2 Å². The number of likely N-dealkylation sites (tertiary alicyclic amines) is 1. The minimum absolute atomic E-state index is 0.191. The van der Waals surface area contributed by atoms with Crippen molar-refractivity contribution < 1.29 is 19.1 Å². The molecule has 2 aromatic rings. The highest BCUT2D eigenvalue weighted by Crippen LogP contribution is 2.38. The molecule has 1 fully saturated rings. The summed E-state index contributed by atoms with van der Waals surface area (Å²) >= 11 is 0. The Morgan fingerprint density at radius 2 is 1.85 bits per heavy atom. The molecule has 2 heterocycles. The highest BCUT2D eigenvalue weighted by atomic mass is 16.6. The third-order valence-electron chi connectivity index (χ3n) is 4.80. The van der Waals surface area contributed by atoms with Crippen molar-refractivity contribution in [2.24, 2.45) is 0 Å². The highest BCUT2D eigenvalue weighted by molar-refractivity contribution is 6.00. The first-order valence-electron chi connectivity index (χ1n) is 8.53. The van der Waals surface area contributed by atoms with Gasteiger partial charge in [-0.2, -0.15) is 0 Å². The highest BCUT2D eigenvalue weighted by Gasteiger charge is 2.46. The first kappa shape index (κ1) is 16.3. The van der Waals surface area contributed by atoms with E-state index in [0.29, 0.717) is 23.2 Å². The van der Waals surface area contributed by atoms with Crippen LogP contribution in [0.1, 0.15) is 40.6 Å². The number of benzene rings is 2. The van der Waals surface area contributed by atoms with Crippen LogP contribution in [0.2, 0.25) is 0 Å². The Labute approximate surface area is 150 Å². The Bertz CT molecular complexity index is 891. The van der Waals surface area contributed by atoms with Crippen molar-refractivity contribution in [2.45, 2.75) is 32.0 Å². The number of carbonyl (C=O) groups is 3. The molecule has 1 N–H and O–H groups in total. The van der Waals surface area contributed by atoms with Crippen LogP contribution in [0, 0.1) is 6.92 Å². The van der Waals surface area contributed by atoms with E-state index in [4.69, 9.17) is 4.74 Å². The molecule has 1 saturated heterocycles. The van der Waals surface area contributed by atoms with Gasteiger partial charge >= 0.3 is 5.97 Å². The van der Waals surface area contributed by atoms with E-state index >= 15 is 0 Å². The normalized spacial score (nSPS) is 21.5. The second kappa shape index (κ2) is 6.29. The first-order chi connectivity index (χ1) is 12.5. The number of nitrogens with one attached hydrogen (secondary N) is 1. The molecular weight excluding hydrogens is 332 g/mol. The number of nitrogens with zero attached hydrogens (tertiary/aromatic N) is 1. The summed E-state index contributed by atoms with van der Waals surface area (Å²) in [6.07, 6.45) is -0.197. The second-order valence-electron chi connectivity index (χ2n) is 6.56. The number of anilines is 1. The minimum atomic E-state index is -0.845. The van der Waals surface area contributed by atoms with Gasteiger partial charge in [-0.1, -0.05) is 35.9 Å². The number of esters is 1. The van der Waals surface area contributed by atoms with Gasteiger partial charge in [0.25, 0.3) is 0 Å². The summed E-state index contributed by atoms with van der Waals surface area (Å²) in [4.78, 5) is 38.7. The monoisotopic (exact) mass is 350 g/mol. The summed E-state index contributed by atoms with van der Waals surface area (Å²) in [5.74, 6) is -0.938. The van der Waals surface area contributed by atoms with Crippen LogP contribution in [0.4, 0.5) is 5.69 Å². The average Bonchev–Trinajstić information content (AvgIpc) is 3.17.